The van der Waals surface area contributed by atoms with Gasteiger partial charge in [0.05, 0.1) is 6.61 Å². The van der Waals surface area contributed by atoms with Crippen molar-refractivity contribution in [2.24, 2.45) is 0 Å². The van der Waals surface area contributed by atoms with Gasteiger partial charge in [0.2, 0.25) is 0 Å². The zero-order valence-electron chi connectivity index (χ0n) is 9.07. The lowest BCUT2D eigenvalue weighted by molar-refractivity contribution is 0.112. The van der Waals surface area contributed by atoms with Crippen molar-refractivity contribution >= 4 is 23.1 Å². The van der Waals surface area contributed by atoms with Crippen LogP contribution < -0.4 is 0 Å². The van der Waals surface area contributed by atoms with E-state index in [0.29, 0.717) is 4.34 Å². The van der Waals surface area contributed by atoms with Crippen LogP contribution >= 0.6 is 23.1 Å². The Bertz CT molecular complexity index is 282. The molecule has 15 heavy (non-hydrogen) atoms. The molecular weight excluding hydrogens is 234 g/mol. The highest BCUT2D eigenvalue weighted by molar-refractivity contribution is 7.10. The van der Waals surface area contributed by atoms with Crippen molar-refractivity contribution in [3.8, 4) is 0 Å². The summed E-state index contributed by atoms with van der Waals surface area (Å²) in [6, 6.07) is 0. The Morgan fingerprint density at radius 1 is 1.47 bits per heavy atom. The molecule has 0 aliphatic rings. The first-order valence-corrected chi connectivity index (χ1v) is 6.19. The summed E-state index contributed by atoms with van der Waals surface area (Å²) >= 11 is 7.17. The number of rotatable bonds is 7. The number of hydrogen-bond acceptors (Lipinski definition) is 5. The van der Waals surface area contributed by atoms with E-state index in [1.165, 1.54) is 11.5 Å². The van der Waals surface area contributed by atoms with Gasteiger partial charge in [-0.25, -0.2) is 0 Å². The van der Waals surface area contributed by atoms with Crippen LogP contribution in [0.25, 0.3) is 0 Å². The van der Waals surface area contributed by atoms with Crippen molar-refractivity contribution in [2.45, 2.75) is 20.4 Å². The molecule has 0 radical (unpaired) electrons. The average molecular weight is 250 g/mol. The molecule has 0 saturated carbocycles. The molecule has 0 atom stereocenters. The van der Waals surface area contributed by atoms with E-state index in [-0.39, 0.29) is 0 Å². The molecule has 0 aromatic carbocycles. The number of likely N-dealkylation sites (N-methyl/N-ethyl adjacent to an activating group) is 1. The fourth-order valence-electron chi connectivity index (χ4n) is 1.19. The normalized spacial score (nSPS) is 11.2. The third kappa shape index (κ3) is 4.42. The molecule has 4 nitrogen and oxygen atoms in total. The van der Waals surface area contributed by atoms with Crippen LogP contribution in [0.4, 0.5) is 0 Å². The molecule has 0 unspecified atom stereocenters. The van der Waals surface area contributed by atoms with Crippen LogP contribution in [0.5, 0.6) is 0 Å². The molecule has 1 rings (SSSR count). The zero-order chi connectivity index (χ0) is 11.1. The minimum absolute atomic E-state index is 0.685. The predicted octanol–water partition coefficient (Wildman–Crippen LogP) is 2.05. The second-order valence-electron chi connectivity index (χ2n) is 3.06. The highest BCUT2D eigenvalue weighted by Crippen LogP contribution is 2.18. The first kappa shape index (κ1) is 12.8. The average Bonchev–Trinajstić information content (AvgIpc) is 2.63. The molecule has 0 saturated heterocycles. The van der Waals surface area contributed by atoms with E-state index in [2.05, 4.69) is 21.4 Å². The quantitative estimate of drug-likeness (QED) is 0.694. The monoisotopic (exact) mass is 249 g/mol. The maximum atomic E-state index is 5.94. The maximum absolute atomic E-state index is 5.94. The standard InChI is InChI=1S/C9H16ClN3OS/c1-3-13(5-6-14-4-2)7-8-9(10)15-12-11-8/h3-7H2,1-2H3. The van der Waals surface area contributed by atoms with Crippen LogP contribution in [-0.2, 0) is 11.3 Å². The Morgan fingerprint density at radius 2 is 2.27 bits per heavy atom. The third-order valence-electron chi connectivity index (χ3n) is 2.09. The smallest absolute Gasteiger partial charge is 0.138 e. The van der Waals surface area contributed by atoms with Gasteiger partial charge in [-0.05, 0) is 13.5 Å². The van der Waals surface area contributed by atoms with Crippen molar-refractivity contribution in [2.75, 3.05) is 26.3 Å². The van der Waals surface area contributed by atoms with Gasteiger partial charge in [0.1, 0.15) is 10.0 Å². The summed E-state index contributed by atoms with van der Waals surface area (Å²) in [5.41, 5.74) is 0.861. The van der Waals surface area contributed by atoms with Crippen LogP contribution in [0.3, 0.4) is 0 Å². The van der Waals surface area contributed by atoms with E-state index >= 15 is 0 Å². The van der Waals surface area contributed by atoms with E-state index in [1.807, 2.05) is 6.92 Å². The van der Waals surface area contributed by atoms with E-state index in [0.717, 1.165) is 38.5 Å². The number of hydrogen-bond donors (Lipinski definition) is 0. The van der Waals surface area contributed by atoms with Gasteiger partial charge in [0.25, 0.3) is 0 Å². The Morgan fingerprint density at radius 3 is 2.80 bits per heavy atom. The van der Waals surface area contributed by atoms with Gasteiger partial charge in [0, 0.05) is 31.2 Å². The van der Waals surface area contributed by atoms with E-state index in [9.17, 15) is 0 Å². The molecule has 0 fully saturated rings. The molecule has 86 valence electrons. The summed E-state index contributed by atoms with van der Waals surface area (Å²) < 4.78 is 9.80. The van der Waals surface area contributed by atoms with Gasteiger partial charge < -0.3 is 4.74 Å². The van der Waals surface area contributed by atoms with Crippen molar-refractivity contribution < 1.29 is 4.74 Å². The Kier molecular flexibility index (Phi) is 6.09. The lowest BCUT2D eigenvalue weighted by atomic mass is 10.4. The number of halogens is 1. The third-order valence-corrected chi connectivity index (χ3v) is 3.07. The molecule has 0 aliphatic carbocycles. The summed E-state index contributed by atoms with van der Waals surface area (Å²) in [7, 11) is 0. The van der Waals surface area contributed by atoms with E-state index in [4.69, 9.17) is 16.3 Å². The summed E-state index contributed by atoms with van der Waals surface area (Å²) in [5.74, 6) is 0. The van der Waals surface area contributed by atoms with Crippen LogP contribution in [-0.4, -0.2) is 40.8 Å². The topological polar surface area (TPSA) is 38.2 Å². The Hall–Kier alpha value is -0.230. The van der Waals surface area contributed by atoms with E-state index < -0.39 is 0 Å². The fourth-order valence-corrected chi connectivity index (χ4v) is 1.80. The van der Waals surface area contributed by atoms with Crippen LogP contribution in [0.2, 0.25) is 4.34 Å². The molecule has 0 aliphatic heterocycles. The van der Waals surface area contributed by atoms with Crippen LogP contribution in [0.1, 0.15) is 19.5 Å². The lowest BCUT2D eigenvalue weighted by Gasteiger charge is -2.18. The zero-order valence-corrected chi connectivity index (χ0v) is 10.6. The molecule has 1 heterocycles. The van der Waals surface area contributed by atoms with Crippen molar-refractivity contribution in [3.63, 3.8) is 0 Å². The van der Waals surface area contributed by atoms with Gasteiger partial charge in [-0.3, -0.25) is 4.90 Å². The first-order valence-electron chi connectivity index (χ1n) is 5.04. The largest absolute Gasteiger partial charge is 0.380 e. The highest BCUT2D eigenvalue weighted by Gasteiger charge is 2.10. The predicted molar refractivity (Wildman–Crippen MR) is 62.4 cm³/mol. The van der Waals surface area contributed by atoms with Gasteiger partial charge in [-0.1, -0.05) is 23.0 Å². The molecule has 1 aromatic rings. The van der Waals surface area contributed by atoms with E-state index in [1.54, 1.807) is 0 Å². The first-order chi connectivity index (χ1) is 7.27. The van der Waals surface area contributed by atoms with Gasteiger partial charge in [-0.15, -0.1) is 5.10 Å². The minimum atomic E-state index is 0.685. The van der Waals surface area contributed by atoms with Gasteiger partial charge >= 0.3 is 0 Å². The molecule has 0 amide bonds. The molecule has 6 heteroatoms. The number of nitrogens with zero attached hydrogens (tertiary/aromatic N) is 3. The van der Waals surface area contributed by atoms with Crippen molar-refractivity contribution in [3.05, 3.63) is 10.0 Å². The summed E-state index contributed by atoms with van der Waals surface area (Å²) in [6.07, 6.45) is 0. The second-order valence-corrected chi connectivity index (χ2v) is 4.42. The SMILES string of the molecule is CCOCCN(CC)Cc1nnsc1Cl. The molecule has 0 spiro atoms. The number of ether oxygens (including phenoxy) is 1. The summed E-state index contributed by atoms with van der Waals surface area (Å²) in [6.45, 7) is 8.23. The fraction of sp³-hybridized carbons (Fsp3) is 0.778. The maximum Gasteiger partial charge on any atom is 0.138 e. The second kappa shape index (κ2) is 7.11. The summed E-state index contributed by atoms with van der Waals surface area (Å²) in [4.78, 5) is 2.23. The Balaban J connectivity index is 2.36. The van der Waals surface area contributed by atoms with Crippen LogP contribution in [0.15, 0.2) is 0 Å². The lowest BCUT2D eigenvalue weighted by Crippen LogP contribution is -2.27. The molecule has 0 bridgehead atoms. The van der Waals surface area contributed by atoms with Crippen LogP contribution in [0, 0.1) is 0 Å². The number of aromatic nitrogens is 2. The van der Waals surface area contributed by atoms with Gasteiger partial charge in [-0.2, -0.15) is 0 Å². The summed E-state index contributed by atoms with van der Waals surface area (Å²) in [5, 5.41) is 3.99. The molecule has 1 aromatic heterocycles. The van der Waals surface area contributed by atoms with Crippen molar-refractivity contribution in [1.82, 2.24) is 14.5 Å². The molecule has 0 N–H and O–H groups in total. The van der Waals surface area contributed by atoms with Crippen molar-refractivity contribution in [1.29, 1.82) is 0 Å². The van der Waals surface area contributed by atoms with Gasteiger partial charge in [0.15, 0.2) is 0 Å². The Labute approximate surface area is 99.4 Å². The molecular formula is C9H16ClN3OS. The minimum Gasteiger partial charge on any atom is -0.380 e. The highest BCUT2D eigenvalue weighted by atomic mass is 35.5.